The van der Waals surface area contributed by atoms with Gasteiger partial charge in [-0.05, 0) is 31.9 Å². The van der Waals surface area contributed by atoms with Crippen molar-refractivity contribution >= 4 is 11.7 Å². The van der Waals surface area contributed by atoms with Crippen LogP contribution in [0.4, 0.5) is 19.0 Å². The lowest BCUT2D eigenvalue weighted by molar-refractivity contribution is -0.137. The van der Waals surface area contributed by atoms with Crippen molar-refractivity contribution < 1.29 is 22.5 Å². The molecule has 3 rings (SSSR count). The third-order valence-corrected chi connectivity index (χ3v) is 4.61. The largest absolute Gasteiger partial charge is 0.419 e. The molecule has 0 bridgehead atoms. The molecule has 3 heterocycles. The highest BCUT2D eigenvalue weighted by Gasteiger charge is 2.37. The summed E-state index contributed by atoms with van der Waals surface area (Å²) >= 11 is 0. The van der Waals surface area contributed by atoms with Crippen LogP contribution in [0.25, 0.3) is 0 Å². The number of carbonyl (C=O) groups is 1. The lowest BCUT2D eigenvalue weighted by Crippen LogP contribution is -2.44. The summed E-state index contributed by atoms with van der Waals surface area (Å²) in [5, 5.41) is 3.87. The number of nitrogens with zero attached hydrogens (tertiary/aromatic N) is 4. The Morgan fingerprint density at radius 2 is 2.22 bits per heavy atom. The molecule has 0 spiro atoms. The van der Waals surface area contributed by atoms with Crippen molar-refractivity contribution in [3.05, 3.63) is 41.4 Å². The minimum atomic E-state index is -4.48. The molecule has 9 heteroatoms. The topological polar surface area (TPSA) is 62.5 Å². The summed E-state index contributed by atoms with van der Waals surface area (Å²) in [5.41, 5.74) is -0.135. The second-order valence-electron chi connectivity index (χ2n) is 6.78. The van der Waals surface area contributed by atoms with Gasteiger partial charge in [-0.25, -0.2) is 4.98 Å². The highest BCUT2D eigenvalue weighted by atomic mass is 19.4. The van der Waals surface area contributed by atoms with Crippen LogP contribution in [-0.2, 0) is 17.5 Å². The predicted molar refractivity (Wildman–Crippen MR) is 91.9 cm³/mol. The smallest absolute Gasteiger partial charge is 0.361 e. The molecule has 2 aromatic rings. The summed E-state index contributed by atoms with van der Waals surface area (Å²) in [5.74, 6) is 0.0338. The number of aryl methyl sites for hydroxylation is 1. The number of amides is 1. The van der Waals surface area contributed by atoms with Gasteiger partial charge < -0.3 is 14.3 Å². The van der Waals surface area contributed by atoms with Gasteiger partial charge in [0.1, 0.15) is 17.3 Å². The fourth-order valence-electron chi connectivity index (χ4n) is 3.37. The molecule has 1 amide bonds. The van der Waals surface area contributed by atoms with Gasteiger partial charge in [-0.15, -0.1) is 0 Å². The van der Waals surface area contributed by atoms with E-state index in [1.807, 2.05) is 0 Å². The fraction of sp³-hybridized carbons (Fsp3) is 0.500. The Morgan fingerprint density at radius 3 is 2.89 bits per heavy atom. The lowest BCUT2D eigenvalue weighted by atomic mass is 9.96. The first-order chi connectivity index (χ1) is 12.8. The number of rotatable bonds is 4. The molecule has 0 saturated carbocycles. The third-order valence-electron chi connectivity index (χ3n) is 4.61. The molecule has 1 aliphatic rings. The van der Waals surface area contributed by atoms with E-state index in [2.05, 4.69) is 10.1 Å². The van der Waals surface area contributed by atoms with Crippen molar-refractivity contribution in [1.82, 2.24) is 15.0 Å². The van der Waals surface area contributed by atoms with E-state index in [-0.39, 0.29) is 24.2 Å². The van der Waals surface area contributed by atoms with E-state index in [9.17, 15) is 18.0 Å². The summed E-state index contributed by atoms with van der Waals surface area (Å²) in [6, 6.07) is 4.04. The standard InChI is InChI=1S/C18H21F3N4O2/c1-12-9-14(23-27-12)11-24(2)17(26)13-5-4-8-25(10-13)16-15(18(19,20)21)6-3-7-22-16/h3,6-7,9,13H,4-5,8,10-11H2,1-2H3/t13-/m0/s1. The summed E-state index contributed by atoms with van der Waals surface area (Å²) in [6.07, 6.45) is -1.88. The van der Waals surface area contributed by atoms with E-state index >= 15 is 0 Å². The molecule has 0 N–H and O–H groups in total. The van der Waals surface area contributed by atoms with Crippen molar-refractivity contribution in [1.29, 1.82) is 0 Å². The van der Waals surface area contributed by atoms with E-state index in [0.29, 0.717) is 37.4 Å². The van der Waals surface area contributed by atoms with Gasteiger partial charge in [-0.2, -0.15) is 13.2 Å². The van der Waals surface area contributed by atoms with E-state index < -0.39 is 11.7 Å². The molecule has 1 aliphatic heterocycles. The van der Waals surface area contributed by atoms with Crippen LogP contribution >= 0.6 is 0 Å². The Bertz CT molecular complexity index is 806. The zero-order chi connectivity index (χ0) is 19.6. The number of alkyl halides is 3. The van der Waals surface area contributed by atoms with Gasteiger partial charge in [0.2, 0.25) is 5.91 Å². The van der Waals surface area contributed by atoms with Crippen LogP contribution in [0.3, 0.4) is 0 Å². The first kappa shape index (κ1) is 19.2. The monoisotopic (exact) mass is 382 g/mol. The highest BCUT2D eigenvalue weighted by Crippen LogP contribution is 2.36. The van der Waals surface area contributed by atoms with Gasteiger partial charge in [0, 0.05) is 32.4 Å². The first-order valence-electron chi connectivity index (χ1n) is 8.70. The molecule has 27 heavy (non-hydrogen) atoms. The number of hydrogen-bond donors (Lipinski definition) is 0. The van der Waals surface area contributed by atoms with Gasteiger partial charge in [0.25, 0.3) is 0 Å². The first-order valence-corrected chi connectivity index (χ1v) is 8.70. The Morgan fingerprint density at radius 1 is 1.44 bits per heavy atom. The molecule has 0 radical (unpaired) electrons. The maximum atomic E-state index is 13.3. The van der Waals surface area contributed by atoms with Crippen molar-refractivity contribution in [2.24, 2.45) is 5.92 Å². The molecule has 6 nitrogen and oxygen atoms in total. The number of hydrogen-bond acceptors (Lipinski definition) is 5. The average molecular weight is 382 g/mol. The molecule has 1 saturated heterocycles. The lowest BCUT2D eigenvalue weighted by Gasteiger charge is -2.35. The zero-order valence-corrected chi connectivity index (χ0v) is 15.2. The van der Waals surface area contributed by atoms with Crippen LogP contribution in [-0.4, -0.2) is 41.1 Å². The molecular weight excluding hydrogens is 361 g/mol. The molecular formula is C18H21F3N4O2. The maximum Gasteiger partial charge on any atom is 0.419 e. The number of pyridine rings is 1. The van der Waals surface area contributed by atoms with E-state index in [0.717, 1.165) is 6.07 Å². The van der Waals surface area contributed by atoms with Crippen LogP contribution in [0.1, 0.15) is 29.9 Å². The van der Waals surface area contributed by atoms with Crippen LogP contribution in [0.15, 0.2) is 28.9 Å². The van der Waals surface area contributed by atoms with Crippen molar-refractivity contribution in [2.45, 2.75) is 32.5 Å². The summed E-state index contributed by atoms with van der Waals surface area (Å²) < 4.78 is 44.8. The summed E-state index contributed by atoms with van der Waals surface area (Å²) in [6.45, 7) is 2.71. The van der Waals surface area contributed by atoms with Crippen molar-refractivity contribution in [2.75, 3.05) is 25.0 Å². The van der Waals surface area contributed by atoms with Gasteiger partial charge in [0.15, 0.2) is 0 Å². The number of anilines is 1. The number of carbonyl (C=O) groups excluding carboxylic acids is 1. The van der Waals surface area contributed by atoms with Crippen molar-refractivity contribution in [3.63, 3.8) is 0 Å². The number of aromatic nitrogens is 2. The Labute approximate surface area is 154 Å². The second-order valence-corrected chi connectivity index (χ2v) is 6.78. The van der Waals surface area contributed by atoms with Gasteiger partial charge in [-0.1, -0.05) is 5.16 Å². The minimum absolute atomic E-state index is 0.114. The zero-order valence-electron chi connectivity index (χ0n) is 15.2. The highest BCUT2D eigenvalue weighted by molar-refractivity contribution is 5.79. The normalized spacial score (nSPS) is 17.8. The van der Waals surface area contributed by atoms with Crippen LogP contribution < -0.4 is 4.90 Å². The predicted octanol–water partition coefficient (Wildman–Crippen LogP) is 3.27. The van der Waals surface area contributed by atoms with Crippen LogP contribution in [0.2, 0.25) is 0 Å². The van der Waals surface area contributed by atoms with Gasteiger partial charge >= 0.3 is 6.18 Å². The molecule has 0 unspecified atom stereocenters. The quantitative estimate of drug-likeness (QED) is 0.812. The second kappa shape index (κ2) is 7.58. The van der Waals surface area contributed by atoms with Crippen LogP contribution in [0, 0.1) is 12.8 Å². The van der Waals surface area contributed by atoms with E-state index in [4.69, 9.17) is 4.52 Å². The van der Waals surface area contributed by atoms with Crippen LogP contribution in [0.5, 0.6) is 0 Å². The number of halogens is 3. The Hall–Kier alpha value is -2.58. The third kappa shape index (κ3) is 4.40. The Balaban J connectivity index is 1.72. The van der Waals surface area contributed by atoms with Gasteiger partial charge in [-0.3, -0.25) is 4.79 Å². The molecule has 1 fully saturated rings. The van der Waals surface area contributed by atoms with E-state index in [1.54, 1.807) is 24.9 Å². The number of piperidine rings is 1. The minimum Gasteiger partial charge on any atom is -0.361 e. The molecule has 2 aromatic heterocycles. The van der Waals surface area contributed by atoms with Crippen molar-refractivity contribution in [3.8, 4) is 0 Å². The average Bonchev–Trinajstić information content (AvgIpc) is 3.05. The summed E-state index contributed by atoms with van der Waals surface area (Å²) in [4.78, 5) is 19.8. The molecule has 0 aromatic carbocycles. The Kier molecular flexibility index (Phi) is 5.38. The SMILES string of the molecule is Cc1cc(CN(C)C(=O)[C@H]2CCCN(c3ncccc3C(F)(F)F)C2)no1. The molecule has 0 aliphatic carbocycles. The molecule has 146 valence electrons. The maximum absolute atomic E-state index is 13.3. The fourth-order valence-corrected chi connectivity index (χ4v) is 3.37. The van der Waals surface area contributed by atoms with E-state index in [1.165, 1.54) is 17.2 Å². The molecule has 1 atom stereocenters. The summed E-state index contributed by atoms with van der Waals surface area (Å²) in [7, 11) is 1.66. The van der Waals surface area contributed by atoms with Gasteiger partial charge in [0.05, 0.1) is 18.0 Å².